The SMILES string of the molecule is CCOc1ccc(C(=O)[O-])c(C(=O)[O-])c1.[K+].[K+]. The maximum atomic E-state index is 10.6. The van der Waals surface area contributed by atoms with E-state index >= 15 is 0 Å². The van der Waals surface area contributed by atoms with Crippen LogP contribution in [0, 0.1) is 0 Å². The minimum absolute atomic E-state index is 0. The van der Waals surface area contributed by atoms with Gasteiger partial charge in [0.1, 0.15) is 5.75 Å². The van der Waals surface area contributed by atoms with Gasteiger partial charge in [-0.3, -0.25) is 0 Å². The number of carboxylic acids is 2. The summed E-state index contributed by atoms with van der Waals surface area (Å²) in [5.41, 5.74) is -0.862. The monoisotopic (exact) mass is 286 g/mol. The van der Waals surface area contributed by atoms with Gasteiger partial charge in [0.05, 0.1) is 18.5 Å². The fraction of sp³-hybridized carbons (Fsp3) is 0.200. The van der Waals surface area contributed by atoms with Crippen LogP contribution in [0.15, 0.2) is 18.2 Å². The third-order valence-corrected chi connectivity index (χ3v) is 1.74. The van der Waals surface area contributed by atoms with Crippen LogP contribution in [-0.2, 0) is 0 Å². The van der Waals surface area contributed by atoms with Gasteiger partial charge in [0.25, 0.3) is 0 Å². The number of rotatable bonds is 4. The van der Waals surface area contributed by atoms with E-state index < -0.39 is 23.1 Å². The average molecular weight is 286 g/mol. The Hall–Kier alpha value is 1.23. The van der Waals surface area contributed by atoms with Crippen LogP contribution in [0.3, 0.4) is 0 Å². The Morgan fingerprint density at radius 1 is 1.12 bits per heavy atom. The van der Waals surface area contributed by atoms with Gasteiger partial charge in [0.15, 0.2) is 0 Å². The summed E-state index contributed by atoms with van der Waals surface area (Å²) < 4.78 is 5.03. The van der Waals surface area contributed by atoms with E-state index in [9.17, 15) is 19.8 Å². The first-order valence-corrected chi connectivity index (χ1v) is 4.25. The number of benzene rings is 1. The zero-order chi connectivity index (χ0) is 11.4. The van der Waals surface area contributed by atoms with Gasteiger partial charge in [-0.2, -0.15) is 0 Å². The van der Waals surface area contributed by atoms with Crippen molar-refractivity contribution in [1.82, 2.24) is 0 Å². The summed E-state index contributed by atoms with van der Waals surface area (Å²) in [6.45, 7) is 2.09. The number of carbonyl (C=O) groups excluding carboxylic acids is 2. The Labute approximate surface area is 184 Å². The van der Waals surface area contributed by atoms with E-state index in [1.165, 1.54) is 6.07 Å². The molecular weight excluding hydrogens is 278 g/mol. The van der Waals surface area contributed by atoms with E-state index in [-0.39, 0.29) is 109 Å². The van der Waals surface area contributed by atoms with Gasteiger partial charge in [0.2, 0.25) is 0 Å². The van der Waals surface area contributed by atoms with Crippen LogP contribution >= 0.6 is 0 Å². The van der Waals surface area contributed by atoms with Crippen LogP contribution in [0.5, 0.6) is 5.75 Å². The fourth-order valence-corrected chi connectivity index (χ4v) is 1.13. The van der Waals surface area contributed by atoms with Crippen molar-refractivity contribution < 1.29 is 127 Å². The van der Waals surface area contributed by atoms with Crippen molar-refractivity contribution in [3.8, 4) is 5.75 Å². The van der Waals surface area contributed by atoms with Crippen molar-refractivity contribution >= 4 is 11.9 Å². The molecule has 1 rings (SSSR count). The Bertz CT molecular complexity index is 406. The first kappa shape index (κ1) is 20.5. The molecule has 0 saturated heterocycles. The standard InChI is InChI=1S/C10H10O5.2K/c1-2-15-6-3-4-7(9(11)12)8(5-6)10(13)14;;/h3-5H,2H2,1H3,(H,11,12)(H,13,14);;/q;2*+1/p-2. The maximum absolute atomic E-state index is 10.6. The van der Waals surface area contributed by atoms with Crippen molar-refractivity contribution in [1.29, 1.82) is 0 Å². The maximum Gasteiger partial charge on any atom is 1.00 e. The molecule has 80 valence electrons. The van der Waals surface area contributed by atoms with E-state index in [2.05, 4.69) is 0 Å². The average Bonchev–Trinajstić information content (AvgIpc) is 2.17. The van der Waals surface area contributed by atoms with Gasteiger partial charge in [0, 0.05) is 11.1 Å². The molecule has 0 heterocycles. The molecule has 0 saturated carbocycles. The number of aromatic carboxylic acids is 2. The van der Waals surface area contributed by atoms with E-state index in [4.69, 9.17) is 4.74 Å². The molecule has 0 atom stereocenters. The molecule has 0 unspecified atom stereocenters. The first-order chi connectivity index (χ1) is 7.06. The smallest absolute Gasteiger partial charge is 0.545 e. The molecule has 0 aromatic heterocycles. The number of hydrogen-bond acceptors (Lipinski definition) is 5. The summed E-state index contributed by atoms with van der Waals surface area (Å²) in [6.07, 6.45) is 0. The predicted octanol–water partition coefficient (Wildman–Crippen LogP) is -7.18. The Kier molecular flexibility index (Phi) is 12.2. The topological polar surface area (TPSA) is 89.5 Å². The van der Waals surface area contributed by atoms with E-state index in [0.717, 1.165) is 12.1 Å². The molecule has 5 nitrogen and oxygen atoms in total. The zero-order valence-corrected chi connectivity index (χ0v) is 16.2. The van der Waals surface area contributed by atoms with Crippen molar-refractivity contribution in [2.24, 2.45) is 0 Å². The van der Waals surface area contributed by atoms with Crippen LogP contribution in [0.1, 0.15) is 27.6 Å². The van der Waals surface area contributed by atoms with Crippen molar-refractivity contribution in [3.05, 3.63) is 29.3 Å². The summed E-state index contributed by atoms with van der Waals surface area (Å²) in [6, 6.07) is 3.58. The van der Waals surface area contributed by atoms with Crippen LogP contribution in [-0.4, -0.2) is 18.5 Å². The van der Waals surface area contributed by atoms with Crippen molar-refractivity contribution in [2.75, 3.05) is 6.61 Å². The molecule has 0 aliphatic heterocycles. The molecular formula is C10H8K2O5. The molecule has 17 heavy (non-hydrogen) atoms. The quantitative estimate of drug-likeness (QED) is 0.513. The van der Waals surface area contributed by atoms with Crippen LogP contribution in [0.25, 0.3) is 0 Å². The van der Waals surface area contributed by atoms with Gasteiger partial charge in [-0.1, -0.05) is 0 Å². The van der Waals surface area contributed by atoms with E-state index in [1.54, 1.807) is 6.92 Å². The molecule has 0 bridgehead atoms. The molecule has 0 aliphatic carbocycles. The van der Waals surface area contributed by atoms with Crippen LogP contribution in [0.2, 0.25) is 0 Å². The number of ether oxygens (including phenoxy) is 1. The number of carboxylic acid groups (broad SMARTS) is 2. The summed E-state index contributed by atoms with van der Waals surface area (Å²) in [5.74, 6) is -2.85. The molecule has 0 amide bonds. The van der Waals surface area contributed by atoms with Gasteiger partial charge < -0.3 is 24.5 Å². The molecule has 0 aliphatic rings. The molecule has 0 N–H and O–H groups in total. The number of hydrogen-bond donors (Lipinski definition) is 0. The Morgan fingerprint density at radius 2 is 1.65 bits per heavy atom. The van der Waals surface area contributed by atoms with Crippen LogP contribution < -0.4 is 118 Å². The summed E-state index contributed by atoms with van der Waals surface area (Å²) in [7, 11) is 0. The van der Waals surface area contributed by atoms with Crippen molar-refractivity contribution in [2.45, 2.75) is 6.92 Å². The van der Waals surface area contributed by atoms with Gasteiger partial charge in [-0.15, -0.1) is 0 Å². The van der Waals surface area contributed by atoms with Crippen molar-refractivity contribution in [3.63, 3.8) is 0 Å². The Morgan fingerprint density at radius 3 is 2.06 bits per heavy atom. The van der Waals surface area contributed by atoms with Gasteiger partial charge in [-0.25, -0.2) is 0 Å². The molecule has 7 heteroatoms. The minimum atomic E-state index is -1.57. The third-order valence-electron chi connectivity index (χ3n) is 1.74. The molecule has 1 aromatic carbocycles. The fourth-order valence-electron chi connectivity index (χ4n) is 1.13. The summed E-state index contributed by atoms with van der Waals surface area (Å²) >= 11 is 0. The largest absolute Gasteiger partial charge is 1.00 e. The summed E-state index contributed by atoms with van der Waals surface area (Å²) in [5, 5.41) is 21.2. The number of carbonyl (C=O) groups is 2. The molecule has 0 radical (unpaired) electrons. The summed E-state index contributed by atoms with van der Waals surface area (Å²) in [4.78, 5) is 21.2. The second-order valence-corrected chi connectivity index (χ2v) is 2.72. The third kappa shape index (κ3) is 6.28. The molecule has 1 aromatic rings. The van der Waals surface area contributed by atoms with Gasteiger partial charge >= 0.3 is 103 Å². The predicted molar refractivity (Wildman–Crippen MR) is 46.3 cm³/mol. The van der Waals surface area contributed by atoms with E-state index in [0.29, 0.717) is 6.61 Å². The van der Waals surface area contributed by atoms with E-state index in [1.807, 2.05) is 0 Å². The minimum Gasteiger partial charge on any atom is -0.545 e. The first-order valence-electron chi connectivity index (χ1n) is 4.25. The Balaban J connectivity index is 0. The van der Waals surface area contributed by atoms with Crippen LogP contribution in [0.4, 0.5) is 0 Å². The molecule has 0 fully saturated rings. The normalized spacial score (nSPS) is 8.53. The zero-order valence-electron chi connectivity index (χ0n) is 9.98. The molecule has 0 spiro atoms. The van der Waals surface area contributed by atoms with Gasteiger partial charge in [-0.05, 0) is 25.1 Å². The second-order valence-electron chi connectivity index (χ2n) is 2.72. The second kappa shape index (κ2) is 10.1.